The third-order valence-corrected chi connectivity index (χ3v) is 8.09. The van der Waals surface area contributed by atoms with Gasteiger partial charge in [-0.2, -0.15) is 13.2 Å². The number of likely N-dealkylation sites (tertiary alicyclic amines) is 1. The highest BCUT2D eigenvalue weighted by molar-refractivity contribution is 5.82. The first-order valence-electron chi connectivity index (χ1n) is 13.8. The Morgan fingerprint density at radius 2 is 1.74 bits per heavy atom. The first kappa shape index (κ1) is 26.6. The second-order valence-electron chi connectivity index (χ2n) is 11.2. The van der Waals surface area contributed by atoms with Crippen molar-refractivity contribution in [1.29, 1.82) is 0 Å². The maximum Gasteiger partial charge on any atom is 0.434 e. The van der Waals surface area contributed by atoms with Crippen molar-refractivity contribution in [2.75, 3.05) is 27.2 Å². The molecular formula is C30H29F3N8O. The van der Waals surface area contributed by atoms with E-state index in [0.717, 1.165) is 52.5 Å². The van der Waals surface area contributed by atoms with Crippen LogP contribution >= 0.6 is 0 Å². The van der Waals surface area contributed by atoms with Gasteiger partial charge in [0.05, 0.1) is 36.1 Å². The average Bonchev–Trinajstić information content (AvgIpc) is 3.64. The Morgan fingerprint density at radius 1 is 0.976 bits per heavy atom. The van der Waals surface area contributed by atoms with Gasteiger partial charge in [-0.15, -0.1) is 0 Å². The molecule has 0 radical (unpaired) electrons. The summed E-state index contributed by atoms with van der Waals surface area (Å²) in [5.41, 5.74) is 5.14. The molecule has 9 nitrogen and oxygen atoms in total. The summed E-state index contributed by atoms with van der Waals surface area (Å²) in [5, 5.41) is 0. The average molecular weight is 575 g/mol. The van der Waals surface area contributed by atoms with E-state index in [-0.39, 0.29) is 6.04 Å². The zero-order chi connectivity index (χ0) is 29.2. The predicted molar refractivity (Wildman–Crippen MR) is 150 cm³/mol. The van der Waals surface area contributed by atoms with E-state index >= 15 is 0 Å². The number of fused-ring (bicyclic) bond motifs is 1. The van der Waals surface area contributed by atoms with Crippen molar-refractivity contribution in [3.63, 3.8) is 0 Å². The number of hydrogen-bond donors (Lipinski definition) is 0. The van der Waals surface area contributed by atoms with Crippen LogP contribution < -0.4 is 4.74 Å². The van der Waals surface area contributed by atoms with Crippen molar-refractivity contribution in [1.82, 2.24) is 39.0 Å². The number of aryl methyl sites for hydroxylation is 1. The molecule has 1 saturated carbocycles. The molecule has 4 aromatic heterocycles. The first-order chi connectivity index (χ1) is 20.2. The maximum atomic E-state index is 13.5. The SMILES string of the molecule is COc1ncnc(C2CC2)c1-c1ncc2c(n1)c(Cc1ccc(-c3nc(C(F)(F)F)cn3C3CN(C)C3)cc1)cn2C. The second kappa shape index (κ2) is 9.90. The van der Waals surface area contributed by atoms with Gasteiger partial charge in [-0.1, -0.05) is 24.3 Å². The van der Waals surface area contributed by atoms with Crippen LogP contribution in [0, 0.1) is 0 Å². The van der Waals surface area contributed by atoms with Gasteiger partial charge in [0, 0.05) is 56.0 Å². The van der Waals surface area contributed by atoms with Crippen molar-refractivity contribution in [3.05, 3.63) is 71.7 Å². The van der Waals surface area contributed by atoms with E-state index in [9.17, 15) is 13.2 Å². The zero-order valence-electron chi connectivity index (χ0n) is 23.4. The van der Waals surface area contributed by atoms with Crippen LogP contribution in [0.25, 0.3) is 33.8 Å². The van der Waals surface area contributed by atoms with Crippen LogP contribution in [0.15, 0.2) is 49.2 Å². The Kier molecular flexibility index (Phi) is 6.26. The number of methoxy groups -OCH3 is 1. The number of imidazole rings is 1. The van der Waals surface area contributed by atoms with Crippen molar-refractivity contribution < 1.29 is 17.9 Å². The number of aromatic nitrogens is 7. The van der Waals surface area contributed by atoms with E-state index in [0.29, 0.717) is 48.5 Å². The summed E-state index contributed by atoms with van der Waals surface area (Å²) in [6.45, 7) is 1.37. The third-order valence-electron chi connectivity index (χ3n) is 8.09. The van der Waals surface area contributed by atoms with Crippen LogP contribution in [0.3, 0.4) is 0 Å². The fourth-order valence-corrected chi connectivity index (χ4v) is 5.75. The molecule has 2 aliphatic rings. The van der Waals surface area contributed by atoms with E-state index < -0.39 is 11.9 Å². The molecular weight excluding hydrogens is 545 g/mol. The summed E-state index contributed by atoms with van der Waals surface area (Å²) >= 11 is 0. The second-order valence-corrected chi connectivity index (χ2v) is 11.2. The monoisotopic (exact) mass is 574 g/mol. The molecule has 1 aromatic carbocycles. The summed E-state index contributed by atoms with van der Waals surface area (Å²) in [4.78, 5) is 24.5. The van der Waals surface area contributed by atoms with Crippen LogP contribution in [0.2, 0.25) is 0 Å². The van der Waals surface area contributed by atoms with Crippen molar-refractivity contribution in [2.45, 2.75) is 37.4 Å². The summed E-state index contributed by atoms with van der Waals surface area (Å²) in [6.07, 6.45) is 4.72. The summed E-state index contributed by atoms with van der Waals surface area (Å²) in [5.74, 6) is 1.68. The number of ether oxygens (including phenoxy) is 1. The summed E-state index contributed by atoms with van der Waals surface area (Å²) in [7, 11) is 5.49. The van der Waals surface area contributed by atoms with Gasteiger partial charge in [-0.25, -0.2) is 24.9 Å². The molecule has 0 amide bonds. The topological polar surface area (TPSA) is 86.8 Å². The lowest BCUT2D eigenvalue weighted by atomic mass is 10.0. The summed E-state index contributed by atoms with van der Waals surface area (Å²) in [6, 6.07) is 7.53. The van der Waals surface area contributed by atoms with Crippen LogP contribution in [-0.4, -0.2) is 66.2 Å². The normalized spacial score (nSPS) is 16.2. The Morgan fingerprint density at radius 3 is 2.40 bits per heavy atom. The zero-order valence-corrected chi connectivity index (χ0v) is 23.4. The quantitative estimate of drug-likeness (QED) is 0.262. The van der Waals surface area contributed by atoms with E-state index in [4.69, 9.17) is 9.72 Å². The number of likely N-dealkylation sites (N-methyl/N-ethyl adjacent to an activating group) is 1. The predicted octanol–water partition coefficient (Wildman–Crippen LogP) is 5.27. The fraction of sp³-hybridized carbons (Fsp3) is 0.367. The minimum absolute atomic E-state index is 0.0353. The van der Waals surface area contributed by atoms with Gasteiger partial charge in [0.2, 0.25) is 5.88 Å². The molecule has 12 heteroatoms. The van der Waals surface area contributed by atoms with Gasteiger partial charge in [-0.05, 0) is 25.5 Å². The largest absolute Gasteiger partial charge is 0.480 e. The number of nitrogens with zero attached hydrogens (tertiary/aromatic N) is 8. The lowest BCUT2D eigenvalue weighted by molar-refractivity contribution is -0.141. The number of hydrogen-bond acceptors (Lipinski definition) is 7. The van der Waals surface area contributed by atoms with E-state index in [2.05, 4.69) is 24.8 Å². The van der Waals surface area contributed by atoms with E-state index in [1.54, 1.807) is 11.7 Å². The Balaban J connectivity index is 1.21. The highest BCUT2D eigenvalue weighted by Crippen LogP contribution is 2.45. The molecule has 0 bridgehead atoms. The number of halogens is 3. The Labute approximate surface area is 240 Å². The minimum atomic E-state index is -4.50. The molecule has 0 atom stereocenters. The molecule has 5 aromatic rings. The maximum absolute atomic E-state index is 13.5. The fourth-order valence-electron chi connectivity index (χ4n) is 5.75. The molecule has 2 fully saturated rings. The van der Waals surface area contributed by atoms with Crippen LogP contribution in [0.1, 0.15) is 47.3 Å². The van der Waals surface area contributed by atoms with Gasteiger partial charge in [0.25, 0.3) is 0 Å². The molecule has 0 unspecified atom stereocenters. The first-order valence-corrected chi connectivity index (χ1v) is 13.8. The standard InChI is InChI=1S/C30H29F3N8O/c1-39-13-21(14-39)41-15-23(30(31,32)33)37-28(41)19-6-4-17(5-7-19)10-20-12-40(2)22-11-34-27(38-25(20)22)24-26(18-8-9-18)35-16-36-29(24)42-3/h4-7,11-12,15-16,18,21H,8-10,13-14H2,1-3H3. The van der Waals surface area contributed by atoms with Gasteiger partial charge in [0.15, 0.2) is 11.5 Å². The highest BCUT2D eigenvalue weighted by Gasteiger charge is 2.37. The van der Waals surface area contributed by atoms with Crippen molar-refractivity contribution >= 4 is 11.0 Å². The van der Waals surface area contributed by atoms with Crippen LogP contribution in [-0.2, 0) is 19.6 Å². The number of rotatable bonds is 7. The lowest BCUT2D eigenvalue weighted by Gasteiger charge is -2.37. The Hall–Kier alpha value is -4.32. The molecule has 7 rings (SSSR count). The molecule has 0 spiro atoms. The molecule has 5 heterocycles. The van der Waals surface area contributed by atoms with Gasteiger partial charge in [0.1, 0.15) is 17.7 Å². The van der Waals surface area contributed by atoms with Crippen LogP contribution in [0.4, 0.5) is 13.2 Å². The van der Waals surface area contributed by atoms with E-state index in [1.807, 2.05) is 55.3 Å². The van der Waals surface area contributed by atoms with Gasteiger partial charge in [-0.3, -0.25) is 0 Å². The molecule has 1 saturated heterocycles. The minimum Gasteiger partial charge on any atom is -0.480 e. The molecule has 0 N–H and O–H groups in total. The smallest absolute Gasteiger partial charge is 0.434 e. The van der Waals surface area contributed by atoms with Crippen molar-refractivity contribution in [3.8, 4) is 28.7 Å². The summed E-state index contributed by atoms with van der Waals surface area (Å²) < 4.78 is 49.8. The van der Waals surface area contributed by atoms with Gasteiger partial charge < -0.3 is 18.8 Å². The van der Waals surface area contributed by atoms with Gasteiger partial charge >= 0.3 is 6.18 Å². The van der Waals surface area contributed by atoms with E-state index in [1.165, 1.54) is 6.33 Å². The van der Waals surface area contributed by atoms with Crippen LogP contribution in [0.5, 0.6) is 5.88 Å². The highest BCUT2D eigenvalue weighted by atomic mass is 19.4. The third kappa shape index (κ3) is 4.69. The molecule has 42 heavy (non-hydrogen) atoms. The molecule has 1 aliphatic heterocycles. The van der Waals surface area contributed by atoms with Crippen molar-refractivity contribution in [2.24, 2.45) is 7.05 Å². The molecule has 1 aliphatic carbocycles. The number of alkyl halides is 3. The Bertz CT molecular complexity index is 1780. The molecule has 216 valence electrons. The lowest BCUT2D eigenvalue weighted by Crippen LogP contribution is -2.44. The number of benzene rings is 1.